The molecule has 4 aliphatic rings. The van der Waals surface area contributed by atoms with Crippen LogP contribution in [0.3, 0.4) is 0 Å². The van der Waals surface area contributed by atoms with E-state index >= 15 is 0 Å². The number of amides is 1. The number of aliphatic hydroxyl groups is 5. The number of aromatic hydroxyl groups is 3. The number of rotatable bonds is 8. The van der Waals surface area contributed by atoms with Crippen LogP contribution in [0.2, 0.25) is 0 Å². The maximum absolute atomic E-state index is 14.1. The van der Waals surface area contributed by atoms with E-state index < -0.39 is 149 Å². The minimum atomic E-state index is -1.91. The van der Waals surface area contributed by atoms with Crippen molar-refractivity contribution in [3.05, 3.63) is 68.8 Å². The van der Waals surface area contributed by atoms with Crippen LogP contribution in [0.15, 0.2) is 24.3 Å². The summed E-state index contributed by atoms with van der Waals surface area (Å²) in [6.07, 6.45) is -16.0. The van der Waals surface area contributed by atoms with Crippen molar-refractivity contribution in [2.45, 2.75) is 94.3 Å². The van der Waals surface area contributed by atoms with Gasteiger partial charge >= 0.3 is 5.97 Å². The Labute approximate surface area is 333 Å². The first-order chi connectivity index (χ1) is 27.8. The van der Waals surface area contributed by atoms with Gasteiger partial charge in [-0.15, -0.1) is 0 Å². The van der Waals surface area contributed by atoms with Crippen molar-refractivity contribution in [3.63, 3.8) is 0 Å². The van der Waals surface area contributed by atoms with E-state index in [0.29, 0.717) is 0 Å². The SMILES string of the molecule is COc1cc(O)c2c(c1)C(=O)c1c(cc3c(c1O)-c1c(cc(C)c(C(=O)NC(C)C(=O)O)c1O)[C@H](O[C@@H]1O[C@H](C)[C@H](N)[C@H](O[C@@H]4OC[C@@H](O)[C@H](O)[C@H]4O)[C@H]1O)[C@H]3O)C2=O. The Balaban J connectivity index is 1.36. The molecule has 2 fully saturated rings. The second-order valence-corrected chi connectivity index (χ2v) is 14.9. The Bertz CT molecular complexity index is 2260. The summed E-state index contributed by atoms with van der Waals surface area (Å²) in [5.41, 5.74) is 2.85. The van der Waals surface area contributed by atoms with Crippen molar-refractivity contribution in [2.24, 2.45) is 5.73 Å². The first-order valence-electron chi connectivity index (χ1n) is 18.3. The maximum atomic E-state index is 14.1. The van der Waals surface area contributed by atoms with E-state index in [1.165, 1.54) is 40.0 Å². The number of aliphatic hydroxyl groups excluding tert-OH is 5. The zero-order valence-electron chi connectivity index (χ0n) is 31.7. The van der Waals surface area contributed by atoms with Gasteiger partial charge in [0, 0.05) is 28.3 Å². The summed E-state index contributed by atoms with van der Waals surface area (Å²) in [7, 11) is 1.26. The number of carboxylic acids is 1. The van der Waals surface area contributed by atoms with Gasteiger partial charge < -0.3 is 80.7 Å². The number of fused-ring (bicyclic) bond motifs is 5. The molecular weight excluding hydrogens is 784 g/mol. The molecule has 3 aromatic rings. The van der Waals surface area contributed by atoms with Gasteiger partial charge in [-0.2, -0.15) is 0 Å². The molecule has 2 saturated heterocycles. The average molecular weight is 827 g/mol. The van der Waals surface area contributed by atoms with E-state index in [4.69, 9.17) is 29.4 Å². The maximum Gasteiger partial charge on any atom is 0.325 e. The van der Waals surface area contributed by atoms with Crippen molar-refractivity contribution in [1.82, 2.24) is 5.32 Å². The number of nitrogens with one attached hydrogen (secondary N) is 1. The number of carbonyl (C=O) groups is 4. The summed E-state index contributed by atoms with van der Waals surface area (Å²) < 4.78 is 28.5. The number of carboxylic acid groups (broad SMARTS) is 1. The van der Waals surface area contributed by atoms with E-state index in [9.17, 15) is 65.1 Å². The van der Waals surface area contributed by atoms with Crippen molar-refractivity contribution >= 4 is 23.4 Å². The Kier molecular flexibility index (Phi) is 10.9. The van der Waals surface area contributed by atoms with Gasteiger partial charge in [-0.1, -0.05) is 6.07 Å². The molecule has 1 amide bonds. The molecular formula is C39H42N2O18. The number of hydrogen-bond acceptors (Lipinski definition) is 18. The number of methoxy groups -OCH3 is 1. The fourth-order valence-corrected chi connectivity index (χ4v) is 7.93. The third-order valence-electron chi connectivity index (χ3n) is 11.1. The standard InChI is InChI=1S/C39H42N2O18/c1-10-5-17-23(30(48)20(10)36(52)41-11(2)37(53)54)22-15(8-16-24(31(22)49)27(45)14-6-13(55-4)7-18(42)21(14)26(16)44)28(46)34(17)58-39-33(51)35(25(40)12(3)57-39)59-38-32(50)29(47)19(43)9-56-38/h5-8,11-12,19,25,28-29,32-35,38-39,42-43,46-51H,9,40H2,1-4H3,(H,41,52)(H,53,54)/t11?,12-,19-,25+,28+,29+,32-,33-,34+,35+,38+,39+/m1/s1. The van der Waals surface area contributed by atoms with Crippen LogP contribution in [-0.2, 0) is 23.7 Å². The highest BCUT2D eigenvalue weighted by atomic mass is 16.7. The molecule has 0 bridgehead atoms. The lowest BCUT2D eigenvalue weighted by Crippen LogP contribution is -2.64. The van der Waals surface area contributed by atoms with Crippen LogP contribution < -0.4 is 15.8 Å². The molecule has 20 nitrogen and oxygen atoms in total. The molecule has 0 spiro atoms. The predicted molar refractivity (Wildman–Crippen MR) is 196 cm³/mol. The number of aryl methyl sites for hydroxylation is 1. The van der Waals surface area contributed by atoms with Gasteiger partial charge in [-0.25, -0.2) is 0 Å². The van der Waals surface area contributed by atoms with Crippen molar-refractivity contribution < 1.29 is 88.8 Å². The molecule has 0 saturated carbocycles. The average Bonchev–Trinajstić information content (AvgIpc) is 3.18. The summed E-state index contributed by atoms with van der Waals surface area (Å²) in [6, 6.07) is 2.09. The van der Waals surface area contributed by atoms with Crippen molar-refractivity contribution in [2.75, 3.05) is 13.7 Å². The highest BCUT2D eigenvalue weighted by Crippen LogP contribution is 2.57. The first-order valence-corrected chi connectivity index (χ1v) is 18.3. The Morgan fingerprint density at radius 1 is 0.847 bits per heavy atom. The summed E-state index contributed by atoms with van der Waals surface area (Å²) in [4.78, 5) is 53.2. The van der Waals surface area contributed by atoms with Gasteiger partial charge in [-0.3, -0.25) is 19.2 Å². The second-order valence-electron chi connectivity index (χ2n) is 14.9. The number of ketones is 2. The van der Waals surface area contributed by atoms with E-state index in [1.54, 1.807) is 0 Å². The van der Waals surface area contributed by atoms with Gasteiger partial charge in [0.1, 0.15) is 71.8 Å². The predicted octanol–water partition coefficient (Wildman–Crippen LogP) is -0.872. The fourth-order valence-electron chi connectivity index (χ4n) is 7.93. The number of phenols is 3. The Morgan fingerprint density at radius 3 is 2.15 bits per heavy atom. The van der Waals surface area contributed by atoms with E-state index in [1.807, 2.05) is 0 Å². The molecule has 2 aliphatic carbocycles. The van der Waals surface area contributed by atoms with E-state index in [-0.39, 0.29) is 33.6 Å². The van der Waals surface area contributed by atoms with Crippen molar-refractivity contribution in [3.8, 4) is 34.1 Å². The molecule has 1 unspecified atom stereocenters. The molecule has 12 N–H and O–H groups in total. The van der Waals surface area contributed by atoms with Crippen LogP contribution >= 0.6 is 0 Å². The van der Waals surface area contributed by atoms with E-state index in [0.717, 1.165) is 12.1 Å². The third kappa shape index (κ3) is 6.76. The zero-order valence-corrected chi connectivity index (χ0v) is 31.7. The number of hydrogen-bond donors (Lipinski definition) is 11. The molecule has 7 rings (SSSR count). The van der Waals surface area contributed by atoms with Gasteiger partial charge in [-0.05, 0) is 49.6 Å². The highest BCUT2D eigenvalue weighted by Gasteiger charge is 2.51. The molecule has 12 atom stereocenters. The minimum absolute atomic E-state index is 0.0114. The lowest BCUT2D eigenvalue weighted by Gasteiger charge is -2.46. The molecule has 20 heteroatoms. The summed E-state index contributed by atoms with van der Waals surface area (Å²) in [5, 5.41) is 101. The molecule has 59 heavy (non-hydrogen) atoms. The van der Waals surface area contributed by atoms with Crippen LogP contribution in [0.4, 0.5) is 0 Å². The molecule has 2 aliphatic heterocycles. The number of benzene rings is 3. The van der Waals surface area contributed by atoms with Crippen LogP contribution in [0, 0.1) is 6.92 Å². The van der Waals surface area contributed by atoms with Gasteiger partial charge in [0.15, 0.2) is 24.1 Å². The lowest BCUT2D eigenvalue weighted by atomic mass is 9.74. The van der Waals surface area contributed by atoms with Gasteiger partial charge in [0.2, 0.25) is 0 Å². The van der Waals surface area contributed by atoms with Crippen molar-refractivity contribution in [1.29, 1.82) is 0 Å². The number of phenolic OH excluding ortho intramolecular Hbond substituents is 3. The number of carbonyl (C=O) groups excluding carboxylic acids is 3. The number of nitrogens with two attached hydrogens (primary N) is 1. The van der Waals surface area contributed by atoms with Crippen LogP contribution in [-0.4, -0.2) is 144 Å². The normalized spacial score (nSPS) is 30.4. The second kappa shape index (κ2) is 15.4. The largest absolute Gasteiger partial charge is 0.507 e. The molecule has 316 valence electrons. The van der Waals surface area contributed by atoms with Gasteiger partial charge in [0.05, 0.1) is 42.6 Å². The quantitative estimate of drug-likeness (QED) is 0.103. The Hall–Kier alpha value is -5.26. The van der Waals surface area contributed by atoms with Crippen LogP contribution in [0.5, 0.6) is 23.0 Å². The highest BCUT2D eigenvalue weighted by molar-refractivity contribution is 6.31. The molecule has 0 radical (unpaired) electrons. The smallest absolute Gasteiger partial charge is 0.325 e. The Morgan fingerprint density at radius 2 is 1.49 bits per heavy atom. The van der Waals surface area contributed by atoms with Gasteiger partial charge in [0.25, 0.3) is 5.91 Å². The number of aliphatic carboxylic acids is 1. The zero-order chi connectivity index (χ0) is 43.1. The summed E-state index contributed by atoms with van der Waals surface area (Å²) in [6.45, 7) is 3.62. The summed E-state index contributed by atoms with van der Waals surface area (Å²) in [5.74, 6) is -6.69. The minimum Gasteiger partial charge on any atom is -0.507 e. The van der Waals surface area contributed by atoms with Crippen LogP contribution in [0.1, 0.15) is 84.9 Å². The molecule has 3 aromatic carbocycles. The number of ether oxygens (including phenoxy) is 5. The molecule has 2 heterocycles. The monoisotopic (exact) mass is 826 g/mol. The lowest BCUT2D eigenvalue weighted by molar-refractivity contribution is -0.337. The topological polar surface area (TPSA) is 335 Å². The first kappa shape index (κ1) is 41.9. The third-order valence-corrected chi connectivity index (χ3v) is 11.1. The molecule has 0 aromatic heterocycles. The fraction of sp³-hybridized carbons (Fsp3) is 0.436. The summed E-state index contributed by atoms with van der Waals surface area (Å²) >= 11 is 0. The van der Waals surface area contributed by atoms with Crippen LogP contribution in [0.25, 0.3) is 11.1 Å². The van der Waals surface area contributed by atoms with E-state index in [2.05, 4.69) is 5.32 Å².